The average Bonchev–Trinajstić information content (AvgIpc) is 2.35. The average molecular weight is 259 g/mol. The molecule has 1 saturated carbocycles. The van der Waals surface area contributed by atoms with Crippen LogP contribution in [-0.2, 0) is 6.42 Å². The van der Waals surface area contributed by atoms with Crippen molar-refractivity contribution < 1.29 is 0 Å². The topological polar surface area (TPSA) is 12.0 Å². The Kier molecular flexibility index (Phi) is 5.91. The third-order valence-electron chi connectivity index (χ3n) is 4.44. The number of rotatable bonds is 8. The van der Waals surface area contributed by atoms with E-state index in [2.05, 4.69) is 43.4 Å². The van der Waals surface area contributed by atoms with Crippen LogP contribution in [0.2, 0.25) is 0 Å². The van der Waals surface area contributed by atoms with Gasteiger partial charge in [0.2, 0.25) is 0 Å². The molecule has 1 aliphatic carbocycles. The van der Waals surface area contributed by atoms with Gasteiger partial charge in [-0.2, -0.15) is 0 Å². The molecule has 106 valence electrons. The van der Waals surface area contributed by atoms with Crippen molar-refractivity contribution in [3.63, 3.8) is 0 Å². The Morgan fingerprint density at radius 1 is 1.21 bits per heavy atom. The summed E-state index contributed by atoms with van der Waals surface area (Å²) in [6.07, 6.45) is 9.30. The number of hydrogen-bond acceptors (Lipinski definition) is 1. The lowest BCUT2D eigenvalue weighted by Gasteiger charge is -2.26. The van der Waals surface area contributed by atoms with E-state index in [0.717, 1.165) is 12.5 Å². The van der Waals surface area contributed by atoms with E-state index in [1.165, 1.54) is 50.5 Å². The van der Waals surface area contributed by atoms with E-state index >= 15 is 0 Å². The minimum atomic E-state index is 0.697. The molecule has 1 unspecified atom stereocenters. The fourth-order valence-electron chi connectivity index (χ4n) is 3.07. The Balaban J connectivity index is 1.87. The molecule has 1 nitrogen and oxygen atoms in total. The summed E-state index contributed by atoms with van der Waals surface area (Å²) in [4.78, 5) is 0. The standard InChI is InChI=1S/C18H29N/c1-3-7-18(19-4-2)13-12-15-8-5-11-17(14-15)16-9-6-10-16/h5,8,11,14,16,18-19H,3-4,6-7,9-10,12-13H2,1-2H3. The molecule has 0 saturated heterocycles. The smallest absolute Gasteiger partial charge is 0.00700 e. The molecule has 0 radical (unpaired) electrons. The van der Waals surface area contributed by atoms with Crippen molar-refractivity contribution in [2.45, 2.75) is 70.8 Å². The SMILES string of the molecule is CCCC(CCc1cccc(C2CCC2)c1)NCC. The summed E-state index contributed by atoms with van der Waals surface area (Å²) >= 11 is 0. The molecular weight excluding hydrogens is 230 g/mol. The van der Waals surface area contributed by atoms with Crippen LogP contribution >= 0.6 is 0 Å². The maximum atomic E-state index is 3.61. The van der Waals surface area contributed by atoms with Gasteiger partial charge in [0.1, 0.15) is 0 Å². The van der Waals surface area contributed by atoms with Gasteiger partial charge in [-0.25, -0.2) is 0 Å². The van der Waals surface area contributed by atoms with Crippen molar-refractivity contribution in [2.24, 2.45) is 0 Å². The quantitative estimate of drug-likeness (QED) is 0.715. The van der Waals surface area contributed by atoms with Crippen LogP contribution in [0.3, 0.4) is 0 Å². The van der Waals surface area contributed by atoms with Crippen molar-refractivity contribution in [1.29, 1.82) is 0 Å². The first-order valence-electron chi connectivity index (χ1n) is 8.15. The highest BCUT2D eigenvalue weighted by Gasteiger charge is 2.19. The van der Waals surface area contributed by atoms with Gasteiger partial charge in [0.25, 0.3) is 0 Å². The maximum absolute atomic E-state index is 3.61. The molecule has 0 bridgehead atoms. The number of nitrogens with one attached hydrogen (secondary N) is 1. The van der Waals surface area contributed by atoms with Crippen LogP contribution in [-0.4, -0.2) is 12.6 Å². The fraction of sp³-hybridized carbons (Fsp3) is 0.667. The zero-order valence-corrected chi connectivity index (χ0v) is 12.6. The Labute approximate surface area is 118 Å². The van der Waals surface area contributed by atoms with E-state index in [4.69, 9.17) is 0 Å². The predicted octanol–water partition coefficient (Wildman–Crippen LogP) is 4.66. The fourth-order valence-corrected chi connectivity index (χ4v) is 3.07. The molecule has 0 aliphatic heterocycles. The van der Waals surface area contributed by atoms with Crippen LogP contribution in [0.25, 0.3) is 0 Å². The lowest BCUT2D eigenvalue weighted by atomic mass is 9.79. The van der Waals surface area contributed by atoms with E-state index in [1.807, 2.05) is 0 Å². The monoisotopic (exact) mass is 259 g/mol. The first-order valence-corrected chi connectivity index (χ1v) is 8.15. The zero-order chi connectivity index (χ0) is 13.5. The highest BCUT2D eigenvalue weighted by Crippen LogP contribution is 2.36. The molecule has 1 atom stereocenters. The molecule has 1 heteroatoms. The maximum Gasteiger partial charge on any atom is 0.00700 e. The van der Waals surface area contributed by atoms with Gasteiger partial charge < -0.3 is 5.32 Å². The van der Waals surface area contributed by atoms with Crippen LogP contribution in [0.4, 0.5) is 0 Å². The summed E-state index contributed by atoms with van der Waals surface area (Å²) in [5.74, 6) is 0.861. The van der Waals surface area contributed by atoms with Gasteiger partial charge in [0.15, 0.2) is 0 Å². The van der Waals surface area contributed by atoms with E-state index in [1.54, 1.807) is 5.56 Å². The molecule has 1 aromatic carbocycles. The Bertz CT molecular complexity index is 362. The highest BCUT2D eigenvalue weighted by atomic mass is 14.9. The van der Waals surface area contributed by atoms with Gasteiger partial charge in [0.05, 0.1) is 0 Å². The summed E-state index contributed by atoms with van der Waals surface area (Å²) in [6, 6.07) is 10.0. The molecule has 2 rings (SSSR count). The highest BCUT2D eigenvalue weighted by molar-refractivity contribution is 5.27. The van der Waals surface area contributed by atoms with Crippen molar-refractivity contribution in [1.82, 2.24) is 5.32 Å². The van der Waals surface area contributed by atoms with Crippen LogP contribution in [0, 0.1) is 0 Å². The third kappa shape index (κ3) is 4.35. The van der Waals surface area contributed by atoms with Gasteiger partial charge in [-0.3, -0.25) is 0 Å². The Hall–Kier alpha value is -0.820. The van der Waals surface area contributed by atoms with Crippen molar-refractivity contribution in [3.8, 4) is 0 Å². The van der Waals surface area contributed by atoms with Crippen molar-refractivity contribution in [2.75, 3.05) is 6.54 Å². The van der Waals surface area contributed by atoms with Crippen LogP contribution in [0.15, 0.2) is 24.3 Å². The predicted molar refractivity (Wildman–Crippen MR) is 83.7 cm³/mol. The molecule has 19 heavy (non-hydrogen) atoms. The molecule has 0 amide bonds. The van der Waals surface area contributed by atoms with Crippen LogP contribution in [0.1, 0.15) is 69.4 Å². The van der Waals surface area contributed by atoms with Crippen molar-refractivity contribution in [3.05, 3.63) is 35.4 Å². The number of hydrogen-bond donors (Lipinski definition) is 1. The largest absolute Gasteiger partial charge is 0.314 e. The van der Waals surface area contributed by atoms with Gasteiger partial charge >= 0.3 is 0 Å². The lowest BCUT2D eigenvalue weighted by molar-refractivity contribution is 0.419. The summed E-state index contributed by atoms with van der Waals surface area (Å²) in [7, 11) is 0. The summed E-state index contributed by atoms with van der Waals surface area (Å²) in [5.41, 5.74) is 3.11. The van der Waals surface area contributed by atoms with Crippen LogP contribution < -0.4 is 5.32 Å². The van der Waals surface area contributed by atoms with Gasteiger partial charge in [-0.05, 0) is 55.7 Å². The number of benzene rings is 1. The Morgan fingerprint density at radius 3 is 2.68 bits per heavy atom. The molecule has 1 fully saturated rings. The summed E-state index contributed by atoms with van der Waals surface area (Å²) in [6.45, 7) is 5.58. The molecule has 1 N–H and O–H groups in total. The van der Waals surface area contributed by atoms with Gasteiger partial charge in [-0.1, -0.05) is 51.0 Å². The molecule has 0 spiro atoms. The molecule has 1 aromatic rings. The summed E-state index contributed by atoms with van der Waals surface area (Å²) in [5, 5.41) is 3.61. The van der Waals surface area contributed by atoms with E-state index in [-0.39, 0.29) is 0 Å². The van der Waals surface area contributed by atoms with E-state index < -0.39 is 0 Å². The van der Waals surface area contributed by atoms with Crippen molar-refractivity contribution >= 4 is 0 Å². The second kappa shape index (κ2) is 7.69. The number of aryl methyl sites for hydroxylation is 1. The van der Waals surface area contributed by atoms with Gasteiger partial charge in [-0.15, -0.1) is 0 Å². The molecule has 0 aromatic heterocycles. The van der Waals surface area contributed by atoms with Crippen LogP contribution in [0.5, 0.6) is 0 Å². The normalized spacial score (nSPS) is 17.2. The first kappa shape index (κ1) is 14.6. The minimum absolute atomic E-state index is 0.697. The van der Waals surface area contributed by atoms with E-state index in [9.17, 15) is 0 Å². The zero-order valence-electron chi connectivity index (χ0n) is 12.6. The molecular formula is C18H29N. The third-order valence-corrected chi connectivity index (χ3v) is 4.44. The lowest BCUT2D eigenvalue weighted by Crippen LogP contribution is -2.29. The van der Waals surface area contributed by atoms with E-state index in [0.29, 0.717) is 6.04 Å². The minimum Gasteiger partial charge on any atom is -0.314 e. The Morgan fingerprint density at radius 2 is 2.05 bits per heavy atom. The second-order valence-corrected chi connectivity index (χ2v) is 5.95. The second-order valence-electron chi connectivity index (χ2n) is 5.95. The molecule has 1 aliphatic rings. The molecule has 0 heterocycles. The summed E-state index contributed by atoms with van der Waals surface area (Å²) < 4.78 is 0. The first-order chi connectivity index (χ1) is 9.33. The van der Waals surface area contributed by atoms with Gasteiger partial charge in [0, 0.05) is 6.04 Å².